The zero-order valence-electron chi connectivity index (χ0n) is 27.1. The summed E-state index contributed by atoms with van der Waals surface area (Å²) < 4.78 is 21.0. The number of ether oxygens (including phenoxy) is 1. The highest BCUT2D eigenvalue weighted by Gasteiger charge is 2.33. The molecule has 2 aliphatic heterocycles. The maximum atomic E-state index is 15.3. The minimum atomic E-state index is -0.678. The van der Waals surface area contributed by atoms with E-state index < -0.39 is 11.4 Å². The predicted molar refractivity (Wildman–Crippen MR) is 180 cm³/mol. The van der Waals surface area contributed by atoms with Crippen molar-refractivity contribution >= 4 is 29.0 Å². The molecule has 3 aromatic rings. The van der Waals surface area contributed by atoms with Gasteiger partial charge >= 0.3 is 0 Å². The maximum absolute atomic E-state index is 15.3. The number of carbonyl (C=O) groups is 1. The van der Waals surface area contributed by atoms with Gasteiger partial charge in [0.1, 0.15) is 41.1 Å². The van der Waals surface area contributed by atoms with Crippen LogP contribution in [0.1, 0.15) is 51.7 Å². The van der Waals surface area contributed by atoms with Crippen LogP contribution in [0.4, 0.5) is 16.0 Å². The number of piperazine rings is 1. The van der Waals surface area contributed by atoms with Crippen LogP contribution in [0.5, 0.6) is 11.5 Å². The molecule has 11 nitrogen and oxygen atoms in total. The Bertz CT molecular complexity index is 1740. The molecule has 244 valence electrons. The van der Waals surface area contributed by atoms with E-state index >= 15 is 4.39 Å². The number of aromatic nitrogens is 2. The molecule has 2 aromatic carbocycles. The van der Waals surface area contributed by atoms with Crippen LogP contribution >= 0.6 is 0 Å². The Morgan fingerprint density at radius 1 is 1.17 bits per heavy atom. The Hall–Kier alpha value is -4.99. The minimum absolute atomic E-state index is 0.0199. The van der Waals surface area contributed by atoms with Crippen molar-refractivity contribution in [3.8, 4) is 17.6 Å². The van der Waals surface area contributed by atoms with Gasteiger partial charge in [-0.3, -0.25) is 15.1 Å². The van der Waals surface area contributed by atoms with E-state index in [4.69, 9.17) is 20.9 Å². The molecule has 1 aromatic heterocycles. The molecule has 0 bridgehead atoms. The van der Waals surface area contributed by atoms with E-state index in [2.05, 4.69) is 40.1 Å². The maximum Gasteiger partial charge on any atom is 0.264 e. The van der Waals surface area contributed by atoms with Crippen LogP contribution in [-0.2, 0) is 4.79 Å². The van der Waals surface area contributed by atoms with Crippen LogP contribution < -0.4 is 15.8 Å². The Morgan fingerprint density at radius 2 is 1.89 bits per heavy atom. The average molecular weight is 638 g/mol. The summed E-state index contributed by atoms with van der Waals surface area (Å²) in [6, 6.07) is 15.9. The number of amides is 1. The number of nitrogens with two attached hydrogens (primary N) is 1. The van der Waals surface area contributed by atoms with Gasteiger partial charge < -0.3 is 20.7 Å². The Kier molecular flexibility index (Phi) is 10.1. The number of aliphatic imine (C=N–C) groups is 1. The molecule has 2 fully saturated rings. The summed E-state index contributed by atoms with van der Waals surface area (Å²) in [5, 5.41) is 22.4. The lowest BCUT2D eigenvalue weighted by Gasteiger charge is -2.44. The molecule has 5 rings (SSSR count). The van der Waals surface area contributed by atoms with E-state index in [1.165, 1.54) is 18.5 Å². The van der Waals surface area contributed by atoms with Crippen molar-refractivity contribution in [2.24, 2.45) is 4.99 Å². The van der Waals surface area contributed by atoms with Gasteiger partial charge in [0.05, 0.1) is 17.8 Å². The first-order valence-electron chi connectivity index (χ1n) is 15.7. The zero-order chi connectivity index (χ0) is 33.7. The first-order chi connectivity index (χ1) is 22.4. The van der Waals surface area contributed by atoms with Gasteiger partial charge in [-0.2, -0.15) is 5.26 Å². The van der Waals surface area contributed by atoms with Gasteiger partial charge in [-0.15, -0.1) is 0 Å². The van der Waals surface area contributed by atoms with Crippen LogP contribution in [0.15, 0.2) is 71.5 Å². The lowest BCUT2D eigenvalue weighted by atomic mass is 9.95. The number of para-hydroxylation sites is 1. The van der Waals surface area contributed by atoms with E-state index in [-0.39, 0.29) is 52.2 Å². The largest absolute Gasteiger partial charge is 0.457 e. The molecule has 2 aliphatic rings. The molecule has 2 atom stereocenters. The lowest BCUT2D eigenvalue weighted by Crippen LogP contribution is -2.59. The zero-order valence-corrected chi connectivity index (χ0v) is 27.1. The number of likely N-dealkylation sites (tertiary alicyclic amines) is 1. The second-order valence-corrected chi connectivity index (χ2v) is 12.6. The topological polar surface area (TPSA) is 157 Å². The van der Waals surface area contributed by atoms with Crippen molar-refractivity contribution in [1.82, 2.24) is 25.1 Å². The normalized spacial score (nSPS) is 20.1. The van der Waals surface area contributed by atoms with E-state index in [0.29, 0.717) is 42.9 Å². The number of hydrogen-bond donors (Lipinski definition) is 3. The van der Waals surface area contributed by atoms with Crippen molar-refractivity contribution in [3.05, 3.63) is 83.5 Å². The quantitative estimate of drug-likeness (QED) is 0.177. The number of piperidine rings is 1. The molecule has 0 spiro atoms. The Morgan fingerprint density at radius 3 is 2.57 bits per heavy atom. The highest BCUT2D eigenvalue weighted by Crippen LogP contribution is 2.29. The van der Waals surface area contributed by atoms with Gasteiger partial charge in [0.25, 0.3) is 5.91 Å². The SMILES string of the molecule is C[C@@H]1CN(C(C)(C)/C=C(\C#N)C(=O)N2CCCC(=Nc3ncnc(N)c3C(=N)c3ccc(Oc4ccccc4)cc3F)C2)C[C@H](C)N1. The molecule has 0 radical (unpaired) electrons. The highest BCUT2D eigenvalue weighted by molar-refractivity contribution is 6.16. The number of halogens is 1. The van der Waals surface area contributed by atoms with Crippen molar-refractivity contribution in [2.45, 2.75) is 58.2 Å². The molecule has 0 aliphatic carbocycles. The number of rotatable bonds is 8. The summed E-state index contributed by atoms with van der Waals surface area (Å²) in [4.78, 5) is 30.5. The number of nitrogen functional groups attached to an aromatic ring is 1. The van der Waals surface area contributed by atoms with Crippen molar-refractivity contribution < 1.29 is 13.9 Å². The van der Waals surface area contributed by atoms with Crippen molar-refractivity contribution in [1.29, 1.82) is 10.7 Å². The summed E-state index contributed by atoms with van der Waals surface area (Å²) >= 11 is 0. The lowest BCUT2D eigenvalue weighted by molar-refractivity contribution is -0.126. The van der Waals surface area contributed by atoms with E-state index in [0.717, 1.165) is 13.1 Å². The molecular weight excluding hydrogens is 597 g/mol. The minimum Gasteiger partial charge on any atom is -0.457 e. The van der Waals surface area contributed by atoms with Crippen LogP contribution in [0.25, 0.3) is 0 Å². The number of nitrogens with zero attached hydrogens (tertiary/aromatic N) is 6. The summed E-state index contributed by atoms with van der Waals surface area (Å²) in [6.07, 6.45) is 4.21. The molecule has 1 amide bonds. The van der Waals surface area contributed by atoms with Crippen molar-refractivity contribution in [2.75, 3.05) is 31.9 Å². The summed E-state index contributed by atoms with van der Waals surface area (Å²) in [5.41, 5.74) is 6.23. The molecular formula is C35H40FN9O2. The van der Waals surface area contributed by atoms with E-state index in [9.17, 15) is 10.1 Å². The molecule has 0 unspecified atom stereocenters. The summed E-state index contributed by atoms with van der Waals surface area (Å²) in [6.45, 7) is 10.5. The highest BCUT2D eigenvalue weighted by atomic mass is 19.1. The Labute approximate surface area is 274 Å². The Balaban J connectivity index is 1.36. The number of anilines is 1. The molecule has 12 heteroatoms. The number of nitrogens with one attached hydrogen (secondary N) is 2. The van der Waals surface area contributed by atoms with Gasteiger partial charge in [-0.05, 0) is 70.9 Å². The second kappa shape index (κ2) is 14.2. The number of nitriles is 1. The fourth-order valence-corrected chi connectivity index (χ4v) is 6.06. The summed E-state index contributed by atoms with van der Waals surface area (Å²) in [7, 11) is 0. The third kappa shape index (κ3) is 7.88. The van der Waals surface area contributed by atoms with Crippen LogP contribution in [0.3, 0.4) is 0 Å². The number of benzene rings is 2. The monoisotopic (exact) mass is 637 g/mol. The third-order valence-corrected chi connectivity index (χ3v) is 8.33. The smallest absolute Gasteiger partial charge is 0.264 e. The fraction of sp³-hybridized carbons (Fsp3) is 0.371. The third-order valence-electron chi connectivity index (χ3n) is 8.33. The van der Waals surface area contributed by atoms with Gasteiger partial charge in [-0.1, -0.05) is 18.2 Å². The first kappa shape index (κ1) is 33.4. The molecule has 47 heavy (non-hydrogen) atoms. The van der Waals surface area contributed by atoms with Gasteiger partial charge in [0.15, 0.2) is 5.82 Å². The van der Waals surface area contributed by atoms with Crippen LogP contribution in [0, 0.1) is 22.6 Å². The molecule has 3 heterocycles. The standard InChI is InChI=1S/C35H40FN9O2/c1-22-18-45(19-23(2)42-22)35(3,4)16-24(17-37)34(46)44-14-8-9-25(20-44)43-33-30(32(39)40-21-41-33)31(38)28-13-12-27(15-29(28)36)47-26-10-6-5-7-11-26/h5-7,10-13,15-16,21-23,38,42H,8-9,14,18-20H2,1-4H3,(H2,39,40,41)/b24-16+,38-31?,43-25?/t22-,23+. The fourth-order valence-electron chi connectivity index (χ4n) is 6.06. The average Bonchev–Trinajstić information content (AvgIpc) is 3.03. The first-order valence-corrected chi connectivity index (χ1v) is 15.7. The predicted octanol–water partition coefficient (Wildman–Crippen LogP) is 5.01. The second-order valence-electron chi connectivity index (χ2n) is 12.6. The molecule has 2 saturated heterocycles. The van der Waals surface area contributed by atoms with Gasteiger partial charge in [0.2, 0.25) is 0 Å². The van der Waals surface area contributed by atoms with Crippen LogP contribution in [0.2, 0.25) is 0 Å². The number of hydrogen-bond acceptors (Lipinski definition) is 10. The van der Waals surface area contributed by atoms with Crippen molar-refractivity contribution in [3.63, 3.8) is 0 Å². The van der Waals surface area contributed by atoms with E-state index in [1.807, 2.05) is 32.0 Å². The summed E-state index contributed by atoms with van der Waals surface area (Å²) in [5.74, 6) is -0.123. The molecule has 0 saturated carbocycles. The number of carbonyl (C=O) groups excluding carboxylic acids is 1. The molecule has 4 N–H and O–H groups in total. The van der Waals surface area contributed by atoms with Crippen LogP contribution in [-0.4, -0.2) is 80.9 Å². The van der Waals surface area contributed by atoms with E-state index in [1.54, 1.807) is 29.2 Å². The van der Waals surface area contributed by atoms with Gasteiger partial charge in [0, 0.05) is 54.6 Å². The van der Waals surface area contributed by atoms with Gasteiger partial charge in [-0.25, -0.2) is 19.4 Å².